The quantitative estimate of drug-likeness (QED) is 0.685. The lowest BCUT2D eigenvalue weighted by atomic mass is 10.1. The van der Waals surface area contributed by atoms with Crippen molar-refractivity contribution >= 4 is 17.5 Å². The number of alkyl halides is 1. The monoisotopic (exact) mass is 232 g/mol. The van der Waals surface area contributed by atoms with Crippen LogP contribution in [-0.2, 0) is 4.79 Å². The molecule has 1 aliphatic rings. The average molecular weight is 233 g/mol. The standard InChI is InChI=1S/C11H21ClN2O/c1-9(2)14(11(15)6-12)8-10-4-5-13(3)7-10/h9-10H,4-8H2,1-3H3/t10-/m1/s1. The molecule has 3 nitrogen and oxygen atoms in total. The van der Waals surface area contributed by atoms with E-state index in [1.54, 1.807) is 0 Å². The van der Waals surface area contributed by atoms with E-state index in [2.05, 4.69) is 11.9 Å². The second kappa shape index (κ2) is 5.71. The van der Waals surface area contributed by atoms with Gasteiger partial charge in [-0.2, -0.15) is 0 Å². The molecule has 1 saturated heterocycles. The molecule has 1 heterocycles. The SMILES string of the molecule is CC(C)N(C[C@@H]1CCN(C)C1)C(=O)CCl. The van der Waals surface area contributed by atoms with Crippen molar-refractivity contribution in [3.63, 3.8) is 0 Å². The minimum atomic E-state index is 0.0567. The largest absolute Gasteiger partial charge is 0.339 e. The zero-order valence-electron chi connectivity index (χ0n) is 9.87. The van der Waals surface area contributed by atoms with Crippen molar-refractivity contribution in [2.45, 2.75) is 26.3 Å². The molecule has 0 spiro atoms. The predicted molar refractivity (Wildman–Crippen MR) is 63.2 cm³/mol. The van der Waals surface area contributed by atoms with Gasteiger partial charge >= 0.3 is 0 Å². The molecular weight excluding hydrogens is 212 g/mol. The van der Waals surface area contributed by atoms with Gasteiger partial charge in [0.15, 0.2) is 0 Å². The second-order valence-corrected chi connectivity index (χ2v) is 4.96. The van der Waals surface area contributed by atoms with Gasteiger partial charge in [0.2, 0.25) is 5.91 Å². The summed E-state index contributed by atoms with van der Waals surface area (Å²) in [5.74, 6) is 0.770. The van der Waals surface area contributed by atoms with Crippen LogP contribution in [0.15, 0.2) is 0 Å². The molecule has 4 heteroatoms. The van der Waals surface area contributed by atoms with Gasteiger partial charge in [-0.05, 0) is 39.8 Å². The topological polar surface area (TPSA) is 23.6 Å². The Labute approximate surface area is 97.4 Å². The highest BCUT2D eigenvalue weighted by atomic mass is 35.5. The molecular formula is C11H21ClN2O. The van der Waals surface area contributed by atoms with Crippen LogP contribution in [0.2, 0.25) is 0 Å². The molecule has 1 aliphatic heterocycles. The first-order chi connectivity index (χ1) is 7.04. The first-order valence-electron chi connectivity index (χ1n) is 5.58. The molecule has 1 rings (SSSR count). The fourth-order valence-electron chi connectivity index (χ4n) is 2.13. The molecule has 0 N–H and O–H groups in total. The van der Waals surface area contributed by atoms with Gasteiger partial charge in [0.05, 0.1) is 0 Å². The summed E-state index contributed by atoms with van der Waals surface area (Å²) in [4.78, 5) is 15.8. The number of hydrogen-bond donors (Lipinski definition) is 0. The molecule has 0 aromatic carbocycles. The summed E-state index contributed by atoms with van der Waals surface area (Å²) >= 11 is 5.60. The van der Waals surface area contributed by atoms with Crippen LogP contribution in [0.5, 0.6) is 0 Å². The highest BCUT2D eigenvalue weighted by Crippen LogP contribution is 2.17. The maximum atomic E-state index is 11.6. The Hall–Kier alpha value is -0.280. The predicted octanol–water partition coefficient (Wildman–Crippen LogP) is 1.41. The summed E-state index contributed by atoms with van der Waals surface area (Å²) in [6.45, 7) is 7.18. The van der Waals surface area contributed by atoms with E-state index in [0.29, 0.717) is 5.92 Å². The highest BCUT2D eigenvalue weighted by Gasteiger charge is 2.25. The third-order valence-electron chi connectivity index (χ3n) is 3.00. The van der Waals surface area contributed by atoms with Crippen LogP contribution >= 0.6 is 11.6 Å². The molecule has 88 valence electrons. The third kappa shape index (κ3) is 3.65. The highest BCUT2D eigenvalue weighted by molar-refractivity contribution is 6.27. The van der Waals surface area contributed by atoms with Crippen LogP contribution in [0.3, 0.4) is 0 Å². The number of halogens is 1. The number of nitrogens with zero attached hydrogens (tertiary/aromatic N) is 2. The van der Waals surface area contributed by atoms with Crippen LogP contribution in [-0.4, -0.2) is 54.3 Å². The van der Waals surface area contributed by atoms with Gasteiger partial charge < -0.3 is 9.80 Å². The maximum Gasteiger partial charge on any atom is 0.237 e. The Bertz CT molecular complexity index is 221. The Morgan fingerprint density at radius 3 is 2.67 bits per heavy atom. The van der Waals surface area contributed by atoms with Gasteiger partial charge in [0.25, 0.3) is 0 Å². The number of hydrogen-bond acceptors (Lipinski definition) is 2. The van der Waals surface area contributed by atoms with Gasteiger partial charge in [0.1, 0.15) is 5.88 Å². The number of carbonyl (C=O) groups excluding carboxylic acids is 1. The molecule has 1 amide bonds. The molecule has 0 aromatic heterocycles. The van der Waals surface area contributed by atoms with Crippen LogP contribution in [0, 0.1) is 5.92 Å². The van der Waals surface area contributed by atoms with Crippen molar-refractivity contribution in [2.24, 2.45) is 5.92 Å². The van der Waals surface area contributed by atoms with Crippen LogP contribution in [0.25, 0.3) is 0 Å². The zero-order chi connectivity index (χ0) is 11.4. The normalized spacial score (nSPS) is 22.3. The van der Waals surface area contributed by atoms with E-state index in [9.17, 15) is 4.79 Å². The van der Waals surface area contributed by atoms with Crippen LogP contribution in [0.1, 0.15) is 20.3 Å². The lowest BCUT2D eigenvalue weighted by Gasteiger charge is -2.28. The fourth-order valence-corrected chi connectivity index (χ4v) is 2.28. The van der Waals surface area contributed by atoms with E-state index in [1.165, 1.54) is 6.42 Å². The zero-order valence-corrected chi connectivity index (χ0v) is 10.6. The molecule has 1 fully saturated rings. The number of amides is 1. The van der Waals surface area contributed by atoms with Crippen molar-refractivity contribution in [1.82, 2.24) is 9.80 Å². The Morgan fingerprint density at radius 1 is 1.60 bits per heavy atom. The summed E-state index contributed by atoms with van der Waals surface area (Å²) in [6.07, 6.45) is 1.19. The second-order valence-electron chi connectivity index (χ2n) is 4.69. The van der Waals surface area contributed by atoms with Crippen LogP contribution < -0.4 is 0 Å². The summed E-state index contributed by atoms with van der Waals surface area (Å²) in [6, 6.07) is 0.252. The van der Waals surface area contributed by atoms with Crippen molar-refractivity contribution in [3.05, 3.63) is 0 Å². The molecule has 0 radical (unpaired) electrons. The van der Waals surface area contributed by atoms with Gasteiger partial charge in [-0.25, -0.2) is 0 Å². The van der Waals surface area contributed by atoms with Crippen molar-refractivity contribution in [2.75, 3.05) is 32.6 Å². The lowest BCUT2D eigenvalue weighted by Crippen LogP contribution is -2.41. The summed E-state index contributed by atoms with van der Waals surface area (Å²) in [5, 5.41) is 0. The molecule has 15 heavy (non-hydrogen) atoms. The maximum absolute atomic E-state index is 11.6. The van der Waals surface area contributed by atoms with E-state index in [-0.39, 0.29) is 17.8 Å². The molecule has 1 atom stereocenters. The van der Waals surface area contributed by atoms with Crippen molar-refractivity contribution < 1.29 is 4.79 Å². The van der Waals surface area contributed by atoms with Gasteiger partial charge in [-0.15, -0.1) is 11.6 Å². The number of likely N-dealkylation sites (tertiary alicyclic amines) is 1. The number of carbonyl (C=O) groups is 1. The molecule has 0 unspecified atom stereocenters. The minimum absolute atomic E-state index is 0.0567. The summed E-state index contributed by atoms with van der Waals surface area (Å²) in [7, 11) is 2.13. The minimum Gasteiger partial charge on any atom is -0.339 e. The Balaban J connectivity index is 2.48. The fraction of sp³-hybridized carbons (Fsp3) is 0.909. The summed E-state index contributed by atoms with van der Waals surface area (Å²) in [5.41, 5.74) is 0. The number of rotatable bonds is 4. The first kappa shape index (κ1) is 12.8. The Morgan fingerprint density at radius 2 is 2.27 bits per heavy atom. The van der Waals surface area contributed by atoms with Crippen molar-refractivity contribution in [3.8, 4) is 0 Å². The molecule has 0 aliphatic carbocycles. The van der Waals surface area contributed by atoms with Gasteiger partial charge in [0, 0.05) is 19.1 Å². The van der Waals surface area contributed by atoms with E-state index in [4.69, 9.17) is 11.6 Å². The Kier molecular flexibility index (Phi) is 4.87. The molecule has 0 bridgehead atoms. The van der Waals surface area contributed by atoms with E-state index < -0.39 is 0 Å². The van der Waals surface area contributed by atoms with Crippen LogP contribution in [0.4, 0.5) is 0 Å². The van der Waals surface area contributed by atoms with Gasteiger partial charge in [-0.1, -0.05) is 0 Å². The summed E-state index contributed by atoms with van der Waals surface area (Å²) < 4.78 is 0. The van der Waals surface area contributed by atoms with E-state index in [0.717, 1.165) is 19.6 Å². The van der Waals surface area contributed by atoms with Crippen molar-refractivity contribution in [1.29, 1.82) is 0 Å². The smallest absolute Gasteiger partial charge is 0.237 e. The average Bonchev–Trinajstić information content (AvgIpc) is 2.59. The molecule has 0 aromatic rings. The first-order valence-corrected chi connectivity index (χ1v) is 6.12. The van der Waals surface area contributed by atoms with Gasteiger partial charge in [-0.3, -0.25) is 4.79 Å². The molecule has 0 saturated carbocycles. The van der Waals surface area contributed by atoms with E-state index in [1.807, 2.05) is 18.7 Å². The lowest BCUT2D eigenvalue weighted by molar-refractivity contribution is -0.130. The van der Waals surface area contributed by atoms with E-state index >= 15 is 0 Å². The third-order valence-corrected chi connectivity index (χ3v) is 3.23.